The Kier molecular flexibility index (Phi) is 5.40. The topological polar surface area (TPSA) is 52.6 Å². The fraction of sp³-hybridized carbons (Fsp3) is 0.923. The third kappa shape index (κ3) is 3.19. The van der Waals surface area contributed by atoms with Gasteiger partial charge in [0.1, 0.15) is 5.54 Å². The lowest BCUT2D eigenvalue weighted by Crippen LogP contribution is -2.60. The Morgan fingerprint density at radius 1 is 1.41 bits per heavy atom. The first-order valence-electron chi connectivity index (χ1n) is 6.76. The molecule has 0 bridgehead atoms. The van der Waals surface area contributed by atoms with Crippen molar-refractivity contribution in [2.24, 2.45) is 5.92 Å². The van der Waals surface area contributed by atoms with Crippen LogP contribution in [0.4, 0.5) is 0 Å². The Balaban J connectivity index is 2.85. The van der Waals surface area contributed by atoms with Gasteiger partial charge in [-0.15, -0.1) is 0 Å². The number of aliphatic carboxylic acids is 1. The predicted octanol–water partition coefficient (Wildman–Crippen LogP) is 1.56. The van der Waals surface area contributed by atoms with Crippen LogP contribution in [-0.4, -0.2) is 47.7 Å². The summed E-state index contributed by atoms with van der Waals surface area (Å²) >= 11 is 0. The first-order valence-corrected chi connectivity index (χ1v) is 6.76. The van der Waals surface area contributed by atoms with E-state index in [1.165, 1.54) is 0 Å². The van der Waals surface area contributed by atoms with Gasteiger partial charge in [-0.05, 0) is 18.8 Å². The summed E-state index contributed by atoms with van der Waals surface area (Å²) in [6.45, 7) is 9.76. The molecule has 0 saturated carbocycles. The minimum atomic E-state index is -0.655. The summed E-state index contributed by atoms with van der Waals surface area (Å²) in [5.41, 5.74) is -0.655. The monoisotopic (exact) mass is 242 g/mol. The lowest BCUT2D eigenvalue weighted by atomic mass is 9.82. The van der Waals surface area contributed by atoms with Gasteiger partial charge in [0.15, 0.2) is 0 Å². The van der Waals surface area contributed by atoms with Crippen molar-refractivity contribution in [1.82, 2.24) is 10.2 Å². The molecule has 0 aromatic rings. The average Bonchev–Trinajstić information content (AvgIpc) is 2.36. The maximum absolute atomic E-state index is 11.7. The third-order valence-electron chi connectivity index (χ3n) is 4.09. The standard InChI is InChI=1S/C13H26N2O2/c1-4-11(3)10-13(5-2,12(16)17)15-8-6-14-7-9-15/h11,14H,4-10H2,1-3H3,(H,16,17). The molecule has 1 aliphatic heterocycles. The smallest absolute Gasteiger partial charge is 0.324 e. The van der Waals surface area contributed by atoms with Crippen LogP contribution in [0.3, 0.4) is 0 Å². The highest BCUT2D eigenvalue weighted by Crippen LogP contribution is 2.30. The van der Waals surface area contributed by atoms with E-state index in [-0.39, 0.29) is 0 Å². The second-order valence-electron chi connectivity index (χ2n) is 5.14. The van der Waals surface area contributed by atoms with Gasteiger partial charge < -0.3 is 10.4 Å². The molecule has 1 saturated heterocycles. The summed E-state index contributed by atoms with van der Waals surface area (Å²) in [4.78, 5) is 13.9. The molecule has 0 aliphatic carbocycles. The molecule has 0 aromatic heterocycles. The third-order valence-corrected chi connectivity index (χ3v) is 4.09. The Bertz CT molecular complexity index is 252. The minimum absolute atomic E-state index is 0.459. The summed E-state index contributed by atoms with van der Waals surface area (Å²) in [5, 5.41) is 12.9. The zero-order chi connectivity index (χ0) is 12.9. The van der Waals surface area contributed by atoms with Crippen molar-refractivity contribution in [2.75, 3.05) is 26.2 Å². The molecular formula is C13H26N2O2. The van der Waals surface area contributed by atoms with E-state index < -0.39 is 11.5 Å². The van der Waals surface area contributed by atoms with E-state index in [0.29, 0.717) is 12.3 Å². The summed E-state index contributed by atoms with van der Waals surface area (Å²) < 4.78 is 0. The summed E-state index contributed by atoms with van der Waals surface area (Å²) in [6, 6.07) is 0. The fourth-order valence-electron chi connectivity index (χ4n) is 2.68. The van der Waals surface area contributed by atoms with Crippen LogP contribution >= 0.6 is 0 Å². The summed E-state index contributed by atoms with van der Waals surface area (Å²) in [6.07, 6.45) is 2.49. The lowest BCUT2D eigenvalue weighted by Gasteiger charge is -2.43. The van der Waals surface area contributed by atoms with E-state index in [1.807, 2.05) is 6.92 Å². The molecule has 0 aromatic carbocycles. The highest BCUT2D eigenvalue weighted by Gasteiger charge is 2.43. The van der Waals surface area contributed by atoms with Crippen molar-refractivity contribution in [1.29, 1.82) is 0 Å². The molecular weight excluding hydrogens is 216 g/mol. The van der Waals surface area contributed by atoms with Crippen LogP contribution in [0.15, 0.2) is 0 Å². The van der Waals surface area contributed by atoms with Crippen molar-refractivity contribution in [2.45, 2.75) is 45.6 Å². The first-order chi connectivity index (χ1) is 8.06. The second kappa shape index (κ2) is 6.36. The van der Waals surface area contributed by atoms with Gasteiger partial charge in [0, 0.05) is 26.2 Å². The van der Waals surface area contributed by atoms with E-state index in [9.17, 15) is 9.90 Å². The molecule has 1 fully saturated rings. The van der Waals surface area contributed by atoms with E-state index in [2.05, 4.69) is 24.1 Å². The second-order valence-corrected chi connectivity index (χ2v) is 5.14. The lowest BCUT2D eigenvalue weighted by molar-refractivity contribution is -0.154. The molecule has 1 aliphatic rings. The molecule has 100 valence electrons. The van der Waals surface area contributed by atoms with E-state index in [1.54, 1.807) is 0 Å². The maximum Gasteiger partial charge on any atom is 0.324 e. The van der Waals surface area contributed by atoms with Crippen LogP contribution in [-0.2, 0) is 4.79 Å². The van der Waals surface area contributed by atoms with Crippen molar-refractivity contribution < 1.29 is 9.90 Å². The number of piperazine rings is 1. The molecule has 17 heavy (non-hydrogen) atoms. The zero-order valence-corrected chi connectivity index (χ0v) is 11.3. The predicted molar refractivity (Wildman–Crippen MR) is 69.2 cm³/mol. The normalized spacial score (nSPS) is 23.0. The van der Waals surface area contributed by atoms with Gasteiger partial charge in [0.25, 0.3) is 0 Å². The Labute approximate surface area is 104 Å². The molecule has 2 N–H and O–H groups in total. The maximum atomic E-state index is 11.7. The van der Waals surface area contributed by atoms with E-state index in [0.717, 1.165) is 39.0 Å². The van der Waals surface area contributed by atoms with Gasteiger partial charge >= 0.3 is 5.97 Å². The highest BCUT2D eigenvalue weighted by atomic mass is 16.4. The molecule has 2 atom stereocenters. The van der Waals surface area contributed by atoms with Gasteiger partial charge in [0.05, 0.1) is 0 Å². The molecule has 0 radical (unpaired) electrons. The minimum Gasteiger partial charge on any atom is -0.480 e. The number of hydrogen-bond donors (Lipinski definition) is 2. The number of nitrogens with one attached hydrogen (secondary N) is 1. The Morgan fingerprint density at radius 2 is 2.00 bits per heavy atom. The SMILES string of the molecule is CCC(C)CC(CC)(C(=O)O)N1CCNCC1. The molecule has 1 rings (SSSR count). The molecule has 2 unspecified atom stereocenters. The van der Waals surface area contributed by atoms with Crippen molar-refractivity contribution in [3.05, 3.63) is 0 Å². The summed E-state index contributed by atoms with van der Waals surface area (Å²) in [7, 11) is 0. The molecule has 0 amide bonds. The van der Waals surface area contributed by atoms with Gasteiger partial charge in [-0.1, -0.05) is 27.2 Å². The Hall–Kier alpha value is -0.610. The quantitative estimate of drug-likeness (QED) is 0.742. The number of nitrogens with zero attached hydrogens (tertiary/aromatic N) is 1. The number of carboxylic acids is 1. The van der Waals surface area contributed by atoms with Gasteiger partial charge in [-0.25, -0.2) is 0 Å². The van der Waals surface area contributed by atoms with E-state index >= 15 is 0 Å². The van der Waals surface area contributed by atoms with Gasteiger partial charge in [-0.2, -0.15) is 0 Å². The van der Waals surface area contributed by atoms with Crippen LogP contribution < -0.4 is 5.32 Å². The highest BCUT2D eigenvalue weighted by molar-refractivity contribution is 5.78. The molecule has 0 spiro atoms. The van der Waals surface area contributed by atoms with Crippen LogP contribution in [0.25, 0.3) is 0 Å². The number of carbonyl (C=O) groups is 1. The van der Waals surface area contributed by atoms with Crippen LogP contribution in [0.1, 0.15) is 40.0 Å². The first kappa shape index (κ1) is 14.5. The Morgan fingerprint density at radius 3 is 2.41 bits per heavy atom. The van der Waals surface area contributed by atoms with Crippen LogP contribution in [0.2, 0.25) is 0 Å². The van der Waals surface area contributed by atoms with Crippen molar-refractivity contribution >= 4 is 5.97 Å². The molecule has 4 nitrogen and oxygen atoms in total. The van der Waals surface area contributed by atoms with Crippen molar-refractivity contribution in [3.8, 4) is 0 Å². The van der Waals surface area contributed by atoms with Crippen LogP contribution in [0.5, 0.6) is 0 Å². The zero-order valence-electron chi connectivity index (χ0n) is 11.3. The molecule has 4 heteroatoms. The molecule has 1 heterocycles. The number of carboxylic acid groups (broad SMARTS) is 1. The largest absolute Gasteiger partial charge is 0.480 e. The number of rotatable bonds is 6. The van der Waals surface area contributed by atoms with Crippen molar-refractivity contribution in [3.63, 3.8) is 0 Å². The number of hydrogen-bond acceptors (Lipinski definition) is 3. The van der Waals surface area contributed by atoms with Gasteiger partial charge in [0.2, 0.25) is 0 Å². The van der Waals surface area contributed by atoms with Crippen LogP contribution in [0, 0.1) is 5.92 Å². The summed E-state index contributed by atoms with van der Waals surface area (Å²) in [5.74, 6) is -0.192. The van der Waals surface area contributed by atoms with Gasteiger partial charge in [-0.3, -0.25) is 9.69 Å². The average molecular weight is 242 g/mol. The fourth-order valence-corrected chi connectivity index (χ4v) is 2.68. The van der Waals surface area contributed by atoms with E-state index in [4.69, 9.17) is 0 Å².